The summed E-state index contributed by atoms with van der Waals surface area (Å²) >= 11 is 0. The molecule has 0 atom stereocenters. The fourth-order valence-electron chi connectivity index (χ4n) is 2.50. The Labute approximate surface area is 175 Å². The van der Waals surface area contributed by atoms with E-state index in [1.807, 2.05) is 13.8 Å². The van der Waals surface area contributed by atoms with E-state index in [0.29, 0.717) is 41.6 Å². The predicted octanol–water partition coefficient (Wildman–Crippen LogP) is 2.65. The van der Waals surface area contributed by atoms with Gasteiger partial charge in [-0.15, -0.1) is 0 Å². The quantitative estimate of drug-likeness (QED) is 0.445. The molecule has 1 N–H and O–H groups in total. The van der Waals surface area contributed by atoms with Gasteiger partial charge in [-0.05, 0) is 56.3 Å². The highest BCUT2D eigenvalue weighted by atomic mass is 16.5. The molecule has 30 heavy (non-hydrogen) atoms. The van der Waals surface area contributed by atoms with Crippen LogP contribution in [-0.4, -0.2) is 51.1 Å². The third-order valence-corrected chi connectivity index (χ3v) is 3.98. The first-order valence-electron chi connectivity index (χ1n) is 9.49. The Morgan fingerprint density at radius 3 is 2.13 bits per heavy atom. The third kappa shape index (κ3) is 6.51. The molecule has 0 saturated heterocycles. The molecule has 2 rings (SSSR count). The lowest BCUT2D eigenvalue weighted by Crippen LogP contribution is -2.31. The van der Waals surface area contributed by atoms with E-state index >= 15 is 0 Å². The van der Waals surface area contributed by atoms with Gasteiger partial charge in [0.25, 0.3) is 5.91 Å². The molecule has 2 aromatic rings. The van der Waals surface area contributed by atoms with Gasteiger partial charge in [0.1, 0.15) is 12.3 Å². The van der Waals surface area contributed by atoms with Crippen molar-refractivity contribution in [1.29, 1.82) is 0 Å². The second-order valence-corrected chi connectivity index (χ2v) is 6.02. The maximum absolute atomic E-state index is 12.3. The smallest absolute Gasteiger partial charge is 0.325 e. The molecule has 0 aliphatic carbocycles. The highest BCUT2D eigenvalue weighted by Gasteiger charge is 2.14. The molecule has 0 aliphatic heterocycles. The number of Topliss-reactive ketones (excluding diaryl/α,β-unsaturated/α-hetero) is 1. The Hall–Kier alpha value is -3.55. The van der Waals surface area contributed by atoms with Crippen LogP contribution in [0.3, 0.4) is 0 Å². The lowest BCUT2D eigenvalue weighted by atomic mass is 10.1. The van der Waals surface area contributed by atoms with Gasteiger partial charge in [-0.2, -0.15) is 0 Å². The Kier molecular flexibility index (Phi) is 8.68. The first-order valence-corrected chi connectivity index (χ1v) is 9.49. The molecule has 0 heterocycles. The van der Waals surface area contributed by atoms with Crippen LogP contribution < -0.4 is 19.5 Å². The molecule has 160 valence electrons. The summed E-state index contributed by atoms with van der Waals surface area (Å²) < 4.78 is 20.9. The Balaban J connectivity index is 1.85. The molecule has 0 aromatic heterocycles. The highest BCUT2D eigenvalue weighted by molar-refractivity contribution is 5.99. The number of nitrogens with one attached hydrogen (secondary N) is 1. The standard InChI is InChI=1S/C22H25NO7/c1-4-28-19-11-8-16(12-20(19)29-5-2)22(26)23-13-21(25)30-14-18(24)15-6-9-17(27-3)10-7-15/h6-12H,4-5,13-14H2,1-3H3,(H,23,26). The van der Waals surface area contributed by atoms with Gasteiger partial charge in [0.2, 0.25) is 0 Å². The zero-order valence-electron chi connectivity index (χ0n) is 17.2. The van der Waals surface area contributed by atoms with Crippen molar-refractivity contribution in [3.63, 3.8) is 0 Å². The minimum Gasteiger partial charge on any atom is -0.497 e. The minimum absolute atomic E-state index is 0.309. The normalized spacial score (nSPS) is 10.1. The minimum atomic E-state index is -0.721. The van der Waals surface area contributed by atoms with Crippen LogP contribution >= 0.6 is 0 Å². The molecule has 8 heteroatoms. The van der Waals surface area contributed by atoms with E-state index in [1.54, 1.807) is 42.5 Å². The number of hydrogen-bond donors (Lipinski definition) is 1. The molecule has 0 fully saturated rings. The molecule has 1 amide bonds. The van der Waals surface area contributed by atoms with Crippen LogP contribution in [-0.2, 0) is 9.53 Å². The van der Waals surface area contributed by atoms with E-state index in [1.165, 1.54) is 7.11 Å². The van der Waals surface area contributed by atoms with Crippen molar-refractivity contribution in [2.75, 3.05) is 33.5 Å². The molecular formula is C22H25NO7. The Bertz CT molecular complexity index is 878. The summed E-state index contributed by atoms with van der Waals surface area (Å²) in [5.74, 6) is 0.0453. The lowest BCUT2D eigenvalue weighted by molar-refractivity contribution is -0.141. The fourth-order valence-corrected chi connectivity index (χ4v) is 2.50. The van der Waals surface area contributed by atoms with Crippen molar-refractivity contribution >= 4 is 17.7 Å². The number of benzene rings is 2. The van der Waals surface area contributed by atoms with Crippen molar-refractivity contribution in [2.24, 2.45) is 0 Å². The van der Waals surface area contributed by atoms with Gasteiger partial charge in [0.05, 0.1) is 20.3 Å². The van der Waals surface area contributed by atoms with Crippen LogP contribution in [0.25, 0.3) is 0 Å². The topological polar surface area (TPSA) is 100 Å². The van der Waals surface area contributed by atoms with Gasteiger partial charge in [-0.3, -0.25) is 14.4 Å². The number of carbonyl (C=O) groups excluding carboxylic acids is 3. The SMILES string of the molecule is CCOc1ccc(C(=O)NCC(=O)OCC(=O)c2ccc(OC)cc2)cc1OCC. The first kappa shape index (κ1) is 22.7. The van der Waals surface area contributed by atoms with E-state index in [2.05, 4.69) is 5.32 Å². The summed E-state index contributed by atoms with van der Waals surface area (Å²) in [6.45, 7) is 3.77. The van der Waals surface area contributed by atoms with Crippen molar-refractivity contribution in [2.45, 2.75) is 13.8 Å². The number of ether oxygens (including phenoxy) is 4. The van der Waals surface area contributed by atoms with Crippen LogP contribution in [0.15, 0.2) is 42.5 Å². The first-order chi connectivity index (χ1) is 14.5. The highest BCUT2D eigenvalue weighted by Crippen LogP contribution is 2.28. The predicted molar refractivity (Wildman–Crippen MR) is 109 cm³/mol. The summed E-state index contributed by atoms with van der Waals surface area (Å²) in [5, 5.41) is 2.46. The number of ketones is 1. The van der Waals surface area contributed by atoms with Crippen molar-refractivity contribution in [3.8, 4) is 17.2 Å². The van der Waals surface area contributed by atoms with Crippen molar-refractivity contribution in [1.82, 2.24) is 5.32 Å². The molecule has 0 spiro atoms. The van der Waals surface area contributed by atoms with Crippen molar-refractivity contribution < 1.29 is 33.3 Å². The van der Waals surface area contributed by atoms with Gasteiger partial charge < -0.3 is 24.3 Å². The number of esters is 1. The van der Waals surface area contributed by atoms with Crippen LogP contribution in [0.2, 0.25) is 0 Å². The van der Waals surface area contributed by atoms with E-state index in [9.17, 15) is 14.4 Å². The van der Waals surface area contributed by atoms with Crippen molar-refractivity contribution in [3.05, 3.63) is 53.6 Å². The second-order valence-electron chi connectivity index (χ2n) is 6.02. The van der Waals surface area contributed by atoms with E-state index < -0.39 is 18.5 Å². The largest absolute Gasteiger partial charge is 0.497 e. The number of amides is 1. The average Bonchev–Trinajstić information content (AvgIpc) is 2.77. The Morgan fingerprint density at radius 2 is 1.50 bits per heavy atom. The zero-order valence-corrected chi connectivity index (χ0v) is 17.2. The van der Waals surface area contributed by atoms with Gasteiger partial charge in [0, 0.05) is 11.1 Å². The molecule has 0 unspecified atom stereocenters. The van der Waals surface area contributed by atoms with Crippen LogP contribution in [0.4, 0.5) is 0 Å². The van der Waals surface area contributed by atoms with E-state index in [-0.39, 0.29) is 12.3 Å². The van der Waals surface area contributed by atoms with Crippen LogP contribution in [0, 0.1) is 0 Å². The third-order valence-electron chi connectivity index (χ3n) is 3.98. The summed E-state index contributed by atoms with van der Waals surface area (Å²) in [6, 6.07) is 11.2. The molecule has 0 radical (unpaired) electrons. The molecule has 0 aliphatic rings. The van der Waals surface area contributed by atoms with Gasteiger partial charge in [-0.25, -0.2) is 0 Å². The maximum atomic E-state index is 12.3. The summed E-state index contributed by atoms with van der Waals surface area (Å²) in [4.78, 5) is 36.2. The monoisotopic (exact) mass is 415 g/mol. The maximum Gasteiger partial charge on any atom is 0.325 e. The van der Waals surface area contributed by atoms with E-state index in [0.717, 1.165) is 0 Å². The molecule has 0 bridgehead atoms. The van der Waals surface area contributed by atoms with Gasteiger partial charge in [0.15, 0.2) is 23.9 Å². The number of carbonyl (C=O) groups is 3. The lowest BCUT2D eigenvalue weighted by Gasteiger charge is -2.12. The summed E-state index contributed by atoms with van der Waals surface area (Å²) in [7, 11) is 1.53. The van der Waals surface area contributed by atoms with E-state index in [4.69, 9.17) is 18.9 Å². The second kappa shape index (κ2) is 11.5. The molecule has 2 aromatic carbocycles. The number of hydrogen-bond acceptors (Lipinski definition) is 7. The average molecular weight is 415 g/mol. The number of methoxy groups -OCH3 is 1. The van der Waals surface area contributed by atoms with Gasteiger partial charge >= 0.3 is 5.97 Å². The summed E-state index contributed by atoms with van der Waals surface area (Å²) in [6.07, 6.45) is 0. The molecular weight excluding hydrogens is 390 g/mol. The van der Waals surface area contributed by atoms with Gasteiger partial charge in [-0.1, -0.05) is 0 Å². The molecule has 0 saturated carbocycles. The fraction of sp³-hybridized carbons (Fsp3) is 0.318. The zero-order chi connectivity index (χ0) is 21.9. The Morgan fingerprint density at radius 1 is 0.867 bits per heavy atom. The molecule has 8 nitrogen and oxygen atoms in total. The number of rotatable bonds is 11. The summed E-state index contributed by atoms with van der Waals surface area (Å²) in [5.41, 5.74) is 0.703. The van der Waals surface area contributed by atoms with Crippen LogP contribution in [0.1, 0.15) is 34.6 Å². The van der Waals surface area contributed by atoms with Crippen LogP contribution in [0.5, 0.6) is 17.2 Å².